The molecule has 0 saturated carbocycles. The number of aliphatic carboxylic acids is 1. The summed E-state index contributed by atoms with van der Waals surface area (Å²) in [5.74, 6) is -2.14. The highest BCUT2D eigenvalue weighted by atomic mass is 35.5. The van der Waals surface area contributed by atoms with Gasteiger partial charge in [-0.05, 0) is 47.4 Å². The van der Waals surface area contributed by atoms with Crippen LogP contribution in [0.2, 0.25) is 5.02 Å². The highest BCUT2D eigenvalue weighted by Gasteiger charge is 2.43. The predicted molar refractivity (Wildman–Crippen MR) is 88.0 cm³/mol. The Morgan fingerprint density at radius 2 is 2.15 bits per heavy atom. The summed E-state index contributed by atoms with van der Waals surface area (Å²) in [7, 11) is 0. The van der Waals surface area contributed by atoms with Crippen LogP contribution in [0, 0.1) is 5.82 Å². The van der Waals surface area contributed by atoms with Crippen LogP contribution in [0.3, 0.4) is 0 Å². The van der Waals surface area contributed by atoms with Gasteiger partial charge in [-0.25, -0.2) is 9.18 Å². The van der Waals surface area contributed by atoms with Crippen LogP contribution in [0.15, 0.2) is 24.5 Å². The molecule has 2 aliphatic rings. The van der Waals surface area contributed by atoms with E-state index >= 15 is 0 Å². The van der Waals surface area contributed by atoms with E-state index in [0.29, 0.717) is 30.5 Å². The van der Waals surface area contributed by atoms with Gasteiger partial charge in [0.05, 0.1) is 10.7 Å². The zero-order chi connectivity index (χ0) is 18.4. The van der Waals surface area contributed by atoms with E-state index < -0.39 is 23.7 Å². The van der Waals surface area contributed by atoms with Gasteiger partial charge < -0.3 is 10.0 Å². The Kier molecular flexibility index (Phi) is 3.95. The molecule has 0 spiro atoms. The standard InChI is InChI=1S/C16H13ClFN5O3/c17-10-2-4-11(22-7-19-20-21-22)14(15(10)18)8-5-9-1-3-12(16(25)26)23(9)13(24)6-8/h2,4,6-7,9,12H,1,3,5H2,(H,25,26)/t9-,12+/m0/s1. The van der Waals surface area contributed by atoms with Crippen LogP contribution in [-0.4, -0.2) is 54.2 Å². The Morgan fingerprint density at radius 3 is 2.85 bits per heavy atom. The molecule has 0 aliphatic carbocycles. The number of halogens is 2. The Balaban J connectivity index is 1.81. The van der Waals surface area contributed by atoms with Gasteiger partial charge in [0.25, 0.3) is 0 Å². The highest BCUT2D eigenvalue weighted by molar-refractivity contribution is 6.31. The first kappa shape index (κ1) is 16.6. The van der Waals surface area contributed by atoms with Crippen molar-refractivity contribution in [1.29, 1.82) is 0 Å². The summed E-state index contributed by atoms with van der Waals surface area (Å²) in [4.78, 5) is 25.3. The number of nitrogens with zero attached hydrogens (tertiary/aromatic N) is 5. The lowest BCUT2D eigenvalue weighted by Gasteiger charge is -2.32. The van der Waals surface area contributed by atoms with E-state index in [9.17, 15) is 19.1 Å². The first-order valence-electron chi connectivity index (χ1n) is 7.94. The van der Waals surface area contributed by atoms with Crippen molar-refractivity contribution in [1.82, 2.24) is 25.1 Å². The number of aromatic nitrogens is 4. The highest BCUT2D eigenvalue weighted by Crippen LogP contribution is 2.39. The fourth-order valence-corrected chi connectivity index (χ4v) is 3.84. The van der Waals surface area contributed by atoms with Crippen LogP contribution in [0.5, 0.6) is 0 Å². The monoisotopic (exact) mass is 377 g/mol. The SMILES string of the molecule is O=C(O)[C@H]1CC[C@H]2CC(c3c(-n4cnnn4)ccc(Cl)c3F)=CC(=O)N21. The largest absolute Gasteiger partial charge is 0.480 e. The van der Waals surface area contributed by atoms with Crippen LogP contribution >= 0.6 is 11.6 Å². The molecule has 4 rings (SSSR count). The number of carboxylic acid groups (broad SMARTS) is 1. The molecule has 2 atom stereocenters. The van der Waals surface area contributed by atoms with E-state index in [1.54, 1.807) is 6.07 Å². The molecule has 8 nitrogen and oxygen atoms in total. The number of carbonyl (C=O) groups excluding carboxylic acids is 1. The molecule has 26 heavy (non-hydrogen) atoms. The van der Waals surface area contributed by atoms with Gasteiger partial charge in [0.1, 0.15) is 12.4 Å². The quantitative estimate of drug-likeness (QED) is 0.873. The maximum Gasteiger partial charge on any atom is 0.326 e. The summed E-state index contributed by atoms with van der Waals surface area (Å²) in [6, 6.07) is 1.84. The Hall–Kier alpha value is -2.81. The van der Waals surface area contributed by atoms with Crippen molar-refractivity contribution < 1.29 is 19.1 Å². The van der Waals surface area contributed by atoms with Gasteiger partial charge in [-0.3, -0.25) is 4.79 Å². The van der Waals surface area contributed by atoms with Crippen molar-refractivity contribution in [3.63, 3.8) is 0 Å². The second-order valence-electron chi connectivity index (χ2n) is 6.21. The van der Waals surface area contributed by atoms with E-state index in [1.165, 1.54) is 28.1 Å². The number of hydrogen-bond acceptors (Lipinski definition) is 5. The number of tetrazole rings is 1. The van der Waals surface area contributed by atoms with E-state index in [1.807, 2.05) is 0 Å². The summed E-state index contributed by atoms with van der Waals surface area (Å²) in [6.07, 6.45) is 3.86. The van der Waals surface area contributed by atoms with Crippen molar-refractivity contribution >= 4 is 29.1 Å². The van der Waals surface area contributed by atoms with Crippen LogP contribution < -0.4 is 0 Å². The fourth-order valence-electron chi connectivity index (χ4n) is 3.68. The summed E-state index contributed by atoms with van der Waals surface area (Å²) in [5, 5.41) is 20.1. The Bertz CT molecular complexity index is 930. The molecule has 1 saturated heterocycles. The van der Waals surface area contributed by atoms with Crippen LogP contribution in [0.4, 0.5) is 4.39 Å². The molecule has 10 heteroatoms. The van der Waals surface area contributed by atoms with Crippen LogP contribution in [-0.2, 0) is 9.59 Å². The number of carbonyl (C=O) groups is 2. The Labute approximate surface area is 151 Å². The lowest BCUT2D eigenvalue weighted by Crippen LogP contribution is -2.46. The molecule has 3 heterocycles. The minimum absolute atomic E-state index is 0.0811. The molecule has 0 unspecified atom stereocenters. The van der Waals surface area contributed by atoms with Crippen LogP contribution in [0.25, 0.3) is 11.3 Å². The van der Waals surface area contributed by atoms with Gasteiger partial charge in [0.2, 0.25) is 5.91 Å². The summed E-state index contributed by atoms with van der Waals surface area (Å²) in [6.45, 7) is 0. The molecule has 1 N–H and O–H groups in total. The molecular formula is C16H13ClFN5O3. The van der Waals surface area contributed by atoms with Crippen molar-refractivity contribution in [2.45, 2.75) is 31.3 Å². The van der Waals surface area contributed by atoms with Crippen molar-refractivity contribution in [3.8, 4) is 5.69 Å². The Morgan fingerprint density at radius 1 is 1.35 bits per heavy atom. The van der Waals surface area contributed by atoms with E-state index in [0.717, 1.165) is 0 Å². The number of rotatable bonds is 3. The molecule has 1 amide bonds. The van der Waals surface area contributed by atoms with Crippen LogP contribution in [0.1, 0.15) is 24.8 Å². The number of fused-ring (bicyclic) bond motifs is 1. The van der Waals surface area contributed by atoms with E-state index in [2.05, 4.69) is 15.5 Å². The maximum atomic E-state index is 14.8. The third kappa shape index (κ3) is 2.55. The van der Waals surface area contributed by atoms with Crippen molar-refractivity contribution in [3.05, 3.63) is 40.9 Å². The van der Waals surface area contributed by atoms with Gasteiger partial charge in [-0.1, -0.05) is 11.6 Å². The number of hydrogen-bond donors (Lipinski definition) is 1. The number of carboxylic acids is 1. The van der Waals surface area contributed by atoms with E-state index in [4.69, 9.17) is 11.6 Å². The van der Waals surface area contributed by atoms with Crippen molar-refractivity contribution in [2.24, 2.45) is 0 Å². The average molecular weight is 378 g/mol. The topological polar surface area (TPSA) is 101 Å². The van der Waals surface area contributed by atoms with Gasteiger partial charge in [0, 0.05) is 17.7 Å². The predicted octanol–water partition coefficient (Wildman–Crippen LogP) is 1.69. The minimum atomic E-state index is -1.03. The third-order valence-electron chi connectivity index (χ3n) is 4.79. The third-order valence-corrected chi connectivity index (χ3v) is 5.08. The second-order valence-corrected chi connectivity index (χ2v) is 6.62. The summed E-state index contributed by atoms with van der Waals surface area (Å²) < 4.78 is 16.1. The molecule has 134 valence electrons. The van der Waals surface area contributed by atoms with Crippen molar-refractivity contribution in [2.75, 3.05) is 0 Å². The second kappa shape index (κ2) is 6.17. The molecule has 2 aliphatic heterocycles. The van der Waals surface area contributed by atoms with Gasteiger partial charge in [-0.2, -0.15) is 4.68 Å². The molecular weight excluding hydrogens is 365 g/mol. The fraction of sp³-hybridized carbons (Fsp3) is 0.312. The minimum Gasteiger partial charge on any atom is -0.480 e. The molecule has 1 aromatic heterocycles. The maximum absolute atomic E-state index is 14.8. The summed E-state index contributed by atoms with van der Waals surface area (Å²) in [5.41, 5.74) is 0.960. The zero-order valence-electron chi connectivity index (χ0n) is 13.3. The lowest BCUT2D eigenvalue weighted by molar-refractivity contribution is -0.147. The van der Waals surface area contributed by atoms with Gasteiger partial charge >= 0.3 is 5.97 Å². The smallest absolute Gasteiger partial charge is 0.326 e. The molecule has 0 radical (unpaired) electrons. The molecule has 0 bridgehead atoms. The molecule has 2 aromatic rings. The lowest BCUT2D eigenvalue weighted by atomic mass is 9.92. The number of benzene rings is 1. The zero-order valence-corrected chi connectivity index (χ0v) is 14.1. The summed E-state index contributed by atoms with van der Waals surface area (Å²) >= 11 is 5.94. The van der Waals surface area contributed by atoms with Gasteiger partial charge in [0.15, 0.2) is 5.82 Å². The normalized spacial score (nSPS) is 22.3. The first-order valence-corrected chi connectivity index (χ1v) is 8.32. The molecule has 1 aromatic carbocycles. The molecule has 1 fully saturated rings. The van der Waals surface area contributed by atoms with Gasteiger partial charge in [-0.15, -0.1) is 5.10 Å². The first-order chi connectivity index (χ1) is 12.5. The number of amides is 1. The average Bonchev–Trinajstić information content (AvgIpc) is 3.26. The van der Waals surface area contributed by atoms with E-state index in [-0.39, 0.29) is 16.6 Å².